The fraction of sp³-hybridized carbons (Fsp3) is 0.471. The molecule has 0 unspecified atom stereocenters. The molecule has 1 saturated heterocycles. The zero-order chi connectivity index (χ0) is 17.1. The van der Waals surface area contributed by atoms with Crippen molar-refractivity contribution in [1.29, 1.82) is 0 Å². The van der Waals surface area contributed by atoms with Gasteiger partial charge in [0.15, 0.2) is 5.16 Å². The lowest BCUT2D eigenvalue weighted by Gasteiger charge is -2.33. The molecule has 8 heteroatoms. The van der Waals surface area contributed by atoms with Gasteiger partial charge >= 0.3 is 0 Å². The number of hydrogen-bond donors (Lipinski definition) is 1. The molecule has 2 aliphatic rings. The highest BCUT2D eigenvalue weighted by atomic mass is 32.2. The highest BCUT2D eigenvalue weighted by Gasteiger charge is 2.29. The van der Waals surface area contributed by atoms with Crippen LogP contribution in [0.15, 0.2) is 35.9 Å². The van der Waals surface area contributed by atoms with E-state index < -0.39 is 0 Å². The molecule has 0 bridgehead atoms. The van der Waals surface area contributed by atoms with E-state index in [0.29, 0.717) is 19.8 Å². The smallest absolute Gasteiger partial charge is 0.242 e. The first kappa shape index (κ1) is 16.6. The summed E-state index contributed by atoms with van der Waals surface area (Å²) >= 11 is 1.76. The molecule has 0 saturated carbocycles. The van der Waals surface area contributed by atoms with Crippen LogP contribution in [0.1, 0.15) is 17.3 Å². The highest BCUT2D eigenvalue weighted by molar-refractivity contribution is 7.99. The van der Waals surface area contributed by atoms with Crippen molar-refractivity contribution in [2.45, 2.75) is 24.3 Å². The number of amides is 1. The van der Waals surface area contributed by atoms with Crippen molar-refractivity contribution in [1.82, 2.24) is 24.8 Å². The number of thioether (sulfide) groups is 1. The highest BCUT2D eigenvalue weighted by Crippen LogP contribution is 2.25. The van der Waals surface area contributed by atoms with E-state index in [0.717, 1.165) is 41.8 Å². The number of nitrogens with zero attached hydrogens (tertiary/aromatic N) is 4. The van der Waals surface area contributed by atoms with Gasteiger partial charge in [-0.3, -0.25) is 14.7 Å². The van der Waals surface area contributed by atoms with E-state index in [9.17, 15) is 4.79 Å². The second-order valence-corrected chi connectivity index (χ2v) is 7.17. The Hall–Kier alpha value is -1.90. The summed E-state index contributed by atoms with van der Waals surface area (Å²) in [7, 11) is 0. The number of nitrogens with one attached hydrogen (secondary N) is 1. The maximum Gasteiger partial charge on any atom is 0.242 e. The van der Waals surface area contributed by atoms with Gasteiger partial charge in [-0.05, 0) is 11.6 Å². The standard InChI is InChI=1S/C17H21N5O2S/c23-16(19-11-14-12-22-6-9-25-17(22)20-14)15(13-2-1-3-18-10-13)21-4-7-24-8-5-21/h1-3,10,12,15H,4-9,11H2,(H,19,23)/t15-/m0/s1. The van der Waals surface area contributed by atoms with E-state index >= 15 is 0 Å². The van der Waals surface area contributed by atoms with Crippen molar-refractivity contribution in [3.8, 4) is 0 Å². The molecule has 7 nitrogen and oxygen atoms in total. The maximum absolute atomic E-state index is 12.9. The third kappa shape index (κ3) is 3.70. The van der Waals surface area contributed by atoms with Gasteiger partial charge in [-0.1, -0.05) is 17.8 Å². The molecule has 0 aliphatic carbocycles. The van der Waals surface area contributed by atoms with Crippen molar-refractivity contribution in [2.24, 2.45) is 0 Å². The molecule has 0 radical (unpaired) electrons. The maximum atomic E-state index is 12.9. The van der Waals surface area contributed by atoms with E-state index in [1.54, 1.807) is 24.2 Å². The van der Waals surface area contributed by atoms with Crippen molar-refractivity contribution >= 4 is 17.7 Å². The van der Waals surface area contributed by atoms with Crippen LogP contribution in [-0.2, 0) is 22.6 Å². The van der Waals surface area contributed by atoms with Crippen LogP contribution in [0.25, 0.3) is 0 Å². The van der Waals surface area contributed by atoms with Gasteiger partial charge in [0.05, 0.1) is 25.5 Å². The zero-order valence-electron chi connectivity index (χ0n) is 13.9. The summed E-state index contributed by atoms with van der Waals surface area (Å²) in [6.07, 6.45) is 5.52. The summed E-state index contributed by atoms with van der Waals surface area (Å²) in [5, 5.41) is 4.09. The Bertz CT molecular complexity index is 708. The summed E-state index contributed by atoms with van der Waals surface area (Å²) in [5.41, 5.74) is 1.81. The third-order valence-corrected chi connectivity index (χ3v) is 5.43. The van der Waals surface area contributed by atoms with Crippen molar-refractivity contribution in [3.05, 3.63) is 42.0 Å². The average Bonchev–Trinajstić information content (AvgIpc) is 3.24. The zero-order valence-corrected chi connectivity index (χ0v) is 14.7. The predicted octanol–water partition coefficient (Wildman–Crippen LogP) is 1.07. The molecule has 1 fully saturated rings. The monoisotopic (exact) mass is 359 g/mol. The molecular weight excluding hydrogens is 338 g/mol. The van der Waals surface area contributed by atoms with Crippen molar-refractivity contribution in [2.75, 3.05) is 32.1 Å². The molecule has 4 rings (SSSR count). The molecule has 2 aromatic rings. The number of morpholine rings is 1. The van der Waals surface area contributed by atoms with Crippen LogP contribution in [-0.4, -0.2) is 57.4 Å². The molecule has 1 N–H and O–H groups in total. The predicted molar refractivity (Wildman–Crippen MR) is 94.2 cm³/mol. The Labute approximate surface area is 150 Å². The normalized spacial score (nSPS) is 18.7. The van der Waals surface area contributed by atoms with Crippen molar-refractivity contribution in [3.63, 3.8) is 0 Å². The van der Waals surface area contributed by atoms with E-state index in [-0.39, 0.29) is 11.9 Å². The Morgan fingerprint density at radius 3 is 3.00 bits per heavy atom. The largest absolute Gasteiger partial charge is 0.379 e. The molecule has 25 heavy (non-hydrogen) atoms. The van der Waals surface area contributed by atoms with Crippen LogP contribution >= 0.6 is 11.8 Å². The Kier molecular flexibility index (Phi) is 5.00. The number of aryl methyl sites for hydroxylation is 1. The molecule has 132 valence electrons. The summed E-state index contributed by atoms with van der Waals surface area (Å²) in [6.45, 7) is 4.21. The van der Waals surface area contributed by atoms with Gasteiger partial charge in [0.1, 0.15) is 6.04 Å². The number of carbonyl (C=O) groups is 1. The third-order valence-electron chi connectivity index (χ3n) is 4.46. The van der Waals surface area contributed by atoms with E-state index in [1.807, 2.05) is 18.3 Å². The van der Waals surface area contributed by atoms with E-state index in [2.05, 4.69) is 24.8 Å². The molecular formula is C17H21N5O2S. The number of ether oxygens (including phenoxy) is 1. The summed E-state index contributed by atoms with van der Waals surface area (Å²) in [5.74, 6) is 1.06. The van der Waals surface area contributed by atoms with Crippen molar-refractivity contribution < 1.29 is 9.53 Å². The van der Waals surface area contributed by atoms with Crippen LogP contribution in [0.5, 0.6) is 0 Å². The lowest BCUT2D eigenvalue weighted by atomic mass is 10.1. The molecule has 1 atom stereocenters. The van der Waals surface area contributed by atoms with Crippen LogP contribution in [0.3, 0.4) is 0 Å². The molecule has 2 aromatic heterocycles. The number of hydrogen-bond acceptors (Lipinski definition) is 6. The molecule has 1 amide bonds. The van der Waals surface area contributed by atoms with Crippen LogP contribution < -0.4 is 5.32 Å². The second-order valence-electron chi connectivity index (χ2n) is 6.11. The minimum atomic E-state index is -0.346. The second kappa shape index (κ2) is 7.55. The number of aromatic nitrogens is 3. The lowest BCUT2D eigenvalue weighted by molar-refractivity contribution is -0.128. The first-order valence-corrected chi connectivity index (χ1v) is 9.48. The first-order chi connectivity index (χ1) is 12.3. The minimum absolute atomic E-state index is 0.0179. The molecule has 4 heterocycles. The minimum Gasteiger partial charge on any atom is -0.379 e. The number of imidazole rings is 1. The number of carbonyl (C=O) groups excluding carboxylic acids is 1. The van der Waals surface area contributed by atoms with Gasteiger partial charge in [0.2, 0.25) is 5.91 Å². The van der Waals surface area contributed by atoms with Gasteiger partial charge in [-0.2, -0.15) is 0 Å². The molecule has 0 spiro atoms. The van der Waals surface area contributed by atoms with E-state index in [4.69, 9.17) is 4.74 Å². The summed E-state index contributed by atoms with van der Waals surface area (Å²) in [4.78, 5) is 23.8. The molecule has 2 aliphatic heterocycles. The number of rotatable bonds is 5. The quantitative estimate of drug-likeness (QED) is 0.861. The lowest BCUT2D eigenvalue weighted by Crippen LogP contribution is -2.45. The number of fused-ring (bicyclic) bond motifs is 1. The van der Waals surface area contributed by atoms with Gasteiger partial charge in [-0.15, -0.1) is 0 Å². The van der Waals surface area contributed by atoms with Gasteiger partial charge in [-0.25, -0.2) is 4.98 Å². The van der Waals surface area contributed by atoms with Gasteiger partial charge in [0, 0.05) is 44.0 Å². The first-order valence-electron chi connectivity index (χ1n) is 8.49. The Morgan fingerprint density at radius 1 is 1.36 bits per heavy atom. The number of pyridine rings is 1. The fourth-order valence-corrected chi connectivity index (χ4v) is 4.18. The fourth-order valence-electron chi connectivity index (χ4n) is 3.22. The summed E-state index contributed by atoms with van der Waals surface area (Å²) < 4.78 is 7.57. The van der Waals surface area contributed by atoms with Crippen LogP contribution in [0.2, 0.25) is 0 Å². The SMILES string of the molecule is O=C(NCc1cn2c(n1)SCC2)[C@H](c1cccnc1)N1CCOCC1. The summed E-state index contributed by atoms with van der Waals surface area (Å²) in [6, 6.07) is 3.48. The van der Waals surface area contributed by atoms with E-state index in [1.165, 1.54) is 0 Å². The van der Waals surface area contributed by atoms with Crippen LogP contribution in [0, 0.1) is 0 Å². The van der Waals surface area contributed by atoms with Gasteiger partial charge < -0.3 is 14.6 Å². The Balaban J connectivity index is 1.46. The van der Waals surface area contributed by atoms with Gasteiger partial charge in [0.25, 0.3) is 0 Å². The topological polar surface area (TPSA) is 72.3 Å². The van der Waals surface area contributed by atoms with Crippen LogP contribution in [0.4, 0.5) is 0 Å². The molecule has 0 aromatic carbocycles. The average molecular weight is 359 g/mol. The Morgan fingerprint density at radius 2 is 2.24 bits per heavy atom.